The number of hydrogen-bond acceptors (Lipinski definition) is 3. The van der Waals surface area contributed by atoms with Crippen LogP contribution in [-0.4, -0.2) is 17.4 Å². The quantitative estimate of drug-likeness (QED) is 0.791. The summed E-state index contributed by atoms with van der Waals surface area (Å²) in [7, 11) is 0. The average Bonchev–Trinajstić information content (AvgIpc) is 2.48. The van der Waals surface area contributed by atoms with Crippen molar-refractivity contribution < 1.29 is 4.79 Å². The highest BCUT2D eigenvalue weighted by Gasteiger charge is 2.41. The molecular formula is C13H14N4O. The van der Waals surface area contributed by atoms with Gasteiger partial charge in [0, 0.05) is 0 Å². The fraction of sp³-hybridized carbons (Fsp3) is 0.308. The van der Waals surface area contributed by atoms with Crippen molar-refractivity contribution in [3.8, 4) is 6.07 Å². The minimum absolute atomic E-state index is 0.205. The fourth-order valence-corrected chi connectivity index (χ4v) is 1.92. The van der Waals surface area contributed by atoms with Gasteiger partial charge in [0.15, 0.2) is 0 Å². The van der Waals surface area contributed by atoms with Crippen LogP contribution in [0.3, 0.4) is 0 Å². The summed E-state index contributed by atoms with van der Waals surface area (Å²) in [6.45, 7) is 5.37. The van der Waals surface area contributed by atoms with Gasteiger partial charge in [0.1, 0.15) is 5.84 Å². The highest BCUT2D eigenvalue weighted by atomic mass is 16.2. The first kappa shape index (κ1) is 12.1. The van der Waals surface area contributed by atoms with Gasteiger partial charge in [-0.2, -0.15) is 5.26 Å². The Morgan fingerprint density at radius 3 is 2.56 bits per heavy atom. The molecule has 0 saturated carbocycles. The van der Waals surface area contributed by atoms with Crippen LogP contribution in [0.5, 0.6) is 0 Å². The maximum atomic E-state index is 11.9. The van der Waals surface area contributed by atoms with Crippen molar-refractivity contribution in [1.29, 1.82) is 10.7 Å². The molecule has 2 rings (SSSR count). The summed E-state index contributed by atoms with van der Waals surface area (Å²) in [4.78, 5) is 13.2. The number of carbonyl (C=O) groups is 1. The Bertz CT molecular complexity index is 583. The number of urea groups is 1. The third-order valence-corrected chi connectivity index (χ3v) is 3.03. The minimum atomic E-state index is -0.668. The van der Waals surface area contributed by atoms with Crippen molar-refractivity contribution in [3.63, 3.8) is 0 Å². The van der Waals surface area contributed by atoms with Gasteiger partial charge in [0.2, 0.25) is 0 Å². The smallest absolute Gasteiger partial charge is 0.325 e. The largest absolute Gasteiger partial charge is 0.328 e. The van der Waals surface area contributed by atoms with Gasteiger partial charge in [-0.3, -0.25) is 5.41 Å². The van der Waals surface area contributed by atoms with E-state index < -0.39 is 5.54 Å². The molecule has 0 spiro atoms. The van der Waals surface area contributed by atoms with E-state index in [1.807, 2.05) is 6.92 Å². The molecule has 2 amide bonds. The van der Waals surface area contributed by atoms with E-state index in [2.05, 4.69) is 11.4 Å². The van der Waals surface area contributed by atoms with Gasteiger partial charge in [0.05, 0.1) is 22.9 Å². The van der Waals surface area contributed by atoms with Crippen molar-refractivity contribution in [2.45, 2.75) is 26.3 Å². The predicted octanol–water partition coefficient (Wildman–Crippen LogP) is 2.15. The molecule has 1 aromatic rings. The van der Waals surface area contributed by atoms with Crippen LogP contribution in [0, 0.1) is 23.7 Å². The number of hydrogen-bond donors (Lipinski definition) is 2. The van der Waals surface area contributed by atoms with Gasteiger partial charge in [-0.05, 0) is 44.5 Å². The monoisotopic (exact) mass is 242 g/mol. The maximum Gasteiger partial charge on any atom is 0.328 e. The lowest BCUT2D eigenvalue weighted by atomic mass is 10.0. The topological polar surface area (TPSA) is 80.0 Å². The van der Waals surface area contributed by atoms with Crippen molar-refractivity contribution >= 4 is 17.6 Å². The Hall–Kier alpha value is -2.35. The summed E-state index contributed by atoms with van der Waals surface area (Å²) in [6, 6.07) is 6.86. The van der Waals surface area contributed by atoms with Crippen LogP contribution >= 0.6 is 0 Å². The number of benzene rings is 1. The standard InChI is InChI=1S/C13H14N4O/c1-8-6-10(5-4-9(8)7-14)17-11(15)13(2,3)16-12(17)18/h4-6,15H,1-3H3,(H,16,18). The lowest BCUT2D eigenvalue weighted by molar-refractivity contribution is 0.249. The number of nitrogens with one attached hydrogen (secondary N) is 2. The minimum Gasteiger partial charge on any atom is -0.325 e. The van der Waals surface area contributed by atoms with E-state index in [-0.39, 0.29) is 11.9 Å². The fourth-order valence-electron chi connectivity index (χ4n) is 1.92. The molecule has 1 aliphatic rings. The molecule has 0 radical (unpaired) electrons. The maximum absolute atomic E-state index is 11.9. The lowest BCUT2D eigenvalue weighted by Gasteiger charge is -2.19. The number of rotatable bonds is 1. The highest BCUT2D eigenvalue weighted by Crippen LogP contribution is 2.26. The zero-order valence-corrected chi connectivity index (χ0v) is 10.5. The molecular weight excluding hydrogens is 228 g/mol. The lowest BCUT2D eigenvalue weighted by Crippen LogP contribution is -2.39. The van der Waals surface area contributed by atoms with Crippen LogP contribution in [0.25, 0.3) is 0 Å². The molecule has 92 valence electrons. The number of anilines is 1. The first-order valence-electron chi connectivity index (χ1n) is 5.59. The van der Waals surface area contributed by atoms with Crippen LogP contribution in [0.15, 0.2) is 18.2 Å². The van der Waals surface area contributed by atoms with E-state index in [1.54, 1.807) is 32.0 Å². The van der Waals surface area contributed by atoms with E-state index >= 15 is 0 Å². The average molecular weight is 242 g/mol. The van der Waals surface area contributed by atoms with Crippen LogP contribution in [0.4, 0.5) is 10.5 Å². The summed E-state index contributed by atoms with van der Waals surface area (Å²) < 4.78 is 0. The van der Waals surface area contributed by atoms with Crippen LogP contribution in [0.2, 0.25) is 0 Å². The molecule has 2 N–H and O–H groups in total. The van der Waals surface area contributed by atoms with Gasteiger partial charge < -0.3 is 5.32 Å². The van der Waals surface area contributed by atoms with E-state index in [1.165, 1.54) is 4.90 Å². The molecule has 1 aliphatic heterocycles. The van der Waals surface area contributed by atoms with E-state index in [0.717, 1.165) is 5.56 Å². The normalized spacial score (nSPS) is 17.6. The number of carbonyl (C=O) groups excluding carboxylic acids is 1. The Kier molecular flexibility index (Phi) is 2.59. The first-order valence-corrected chi connectivity index (χ1v) is 5.59. The van der Waals surface area contributed by atoms with Crippen molar-refractivity contribution in [1.82, 2.24) is 5.32 Å². The van der Waals surface area contributed by atoms with E-state index in [0.29, 0.717) is 11.3 Å². The molecule has 1 saturated heterocycles. The number of amidine groups is 1. The Labute approximate surface area is 106 Å². The summed E-state index contributed by atoms with van der Waals surface area (Å²) in [5.41, 5.74) is 1.31. The second-order valence-electron chi connectivity index (χ2n) is 4.85. The van der Waals surface area contributed by atoms with Crippen LogP contribution in [-0.2, 0) is 0 Å². The first-order chi connectivity index (χ1) is 8.36. The van der Waals surface area contributed by atoms with E-state index in [4.69, 9.17) is 10.7 Å². The number of aryl methyl sites for hydroxylation is 1. The predicted molar refractivity (Wildman–Crippen MR) is 68.7 cm³/mol. The summed E-state index contributed by atoms with van der Waals surface area (Å²) in [5, 5.41) is 19.6. The van der Waals surface area contributed by atoms with Gasteiger partial charge in [0.25, 0.3) is 0 Å². The summed E-state index contributed by atoms with van der Waals surface area (Å²) >= 11 is 0. The molecule has 1 aromatic carbocycles. The second-order valence-corrected chi connectivity index (χ2v) is 4.85. The number of nitriles is 1. The molecule has 18 heavy (non-hydrogen) atoms. The van der Waals surface area contributed by atoms with Crippen molar-refractivity contribution in [3.05, 3.63) is 29.3 Å². The SMILES string of the molecule is Cc1cc(N2C(=N)C(C)(C)NC2=O)ccc1C#N. The molecule has 5 heteroatoms. The molecule has 0 aromatic heterocycles. The summed E-state index contributed by atoms with van der Waals surface area (Å²) in [6.07, 6.45) is 0. The van der Waals surface area contributed by atoms with Gasteiger partial charge in [-0.1, -0.05) is 0 Å². The second kappa shape index (κ2) is 3.84. The Balaban J connectivity index is 2.45. The number of amides is 2. The molecule has 0 unspecified atom stereocenters. The number of nitrogens with zero attached hydrogens (tertiary/aromatic N) is 2. The highest BCUT2D eigenvalue weighted by molar-refractivity contribution is 6.24. The van der Waals surface area contributed by atoms with E-state index in [9.17, 15) is 4.79 Å². The zero-order chi connectivity index (χ0) is 13.5. The molecule has 0 atom stereocenters. The third-order valence-electron chi connectivity index (χ3n) is 3.03. The molecule has 0 bridgehead atoms. The van der Waals surface area contributed by atoms with Gasteiger partial charge >= 0.3 is 6.03 Å². The van der Waals surface area contributed by atoms with Crippen LogP contribution in [0.1, 0.15) is 25.0 Å². The Morgan fingerprint density at radius 2 is 2.11 bits per heavy atom. The molecule has 1 heterocycles. The molecule has 5 nitrogen and oxygen atoms in total. The van der Waals surface area contributed by atoms with Gasteiger partial charge in [-0.15, -0.1) is 0 Å². The van der Waals surface area contributed by atoms with Crippen molar-refractivity contribution in [2.75, 3.05) is 4.90 Å². The molecule has 0 aliphatic carbocycles. The Morgan fingerprint density at radius 1 is 1.44 bits per heavy atom. The third kappa shape index (κ3) is 1.72. The van der Waals surface area contributed by atoms with Crippen molar-refractivity contribution in [2.24, 2.45) is 0 Å². The summed E-state index contributed by atoms with van der Waals surface area (Å²) in [5.74, 6) is 0.205. The zero-order valence-electron chi connectivity index (χ0n) is 10.5. The molecule has 1 fully saturated rings. The van der Waals surface area contributed by atoms with Gasteiger partial charge in [-0.25, -0.2) is 9.69 Å². The van der Waals surface area contributed by atoms with Crippen LogP contribution < -0.4 is 10.2 Å².